The molecule has 0 aliphatic carbocycles. The molecule has 3 amide bonds. The number of para-hydroxylation sites is 1. The highest BCUT2D eigenvalue weighted by Crippen LogP contribution is 2.33. The first kappa shape index (κ1) is 23.4. The van der Waals surface area contributed by atoms with E-state index in [0.717, 1.165) is 28.9 Å². The van der Waals surface area contributed by atoms with Gasteiger partial charge in [-0.05, 0) is 41.8 Å². The van der Waals surface area contributed by atoms with Crippen LogP contribution in [0.1, 0.15) is 24.0 Å². The molecule has 2 aromatic rings. The Hall–Kier alpha value is -3.75. The number of carbonyl (C=O) groups excluding carboxylic acids is 2. The van der Waals surface area contributed by atoms with Gasteiger partial charge in [0.15, 0.2) is 18.1 Å². The third-order valence-corrected chi connectivity index (χ3v) is 6.11. The number of hydrogen-bond acceptors (Lipinski definition) is 6. The molecule has 1 saturated heterocycles. The molecule has 2 aliphatic heterocycles. The quantitative estimate of drug-likeness (QED) is 0.660. The molecular formula is C25H30N4O5. The Morgan fingerprint density at radius 1 is 0.912 bits per heavy atom. The molecule has 1 fully saturated rings. The van der Waals surface area contributed by atoms with Gasteiger partial charge in [-0.15, -0.1) is 0 Å². The van der Waals surface area contributed by atoms with Gasteiger partial charge in [-0.3, -0.25) is 4.79 Å². The molecule has 0 spiro atoms. The molecule has 4 rings (SSSR count). The number of hydrogen-bond donors (Lipinski definition) is 1. The molecule has 2 heterocycles. The van der Waals surface area contributed by atoms with Crippen LogP contribution in [0.15, 0.2) is 47.6 Å². The number of likely N-dealkylation sites (tertiary alicyclic amines) is 1. The number of amides is 3. The minimum absolute atomic E-state index is 0.107. The zero-order valence-electron chi connectivity index (χ0n) is 19.6. The van der Waals surface area contributed by atoms with Gasteiger partial charge in [0, 0.05) is 44.7 Å². The Balaban J connectivity index is 1.23. The van der Waals surface area contributed by atoms with E-state index in [9.17, 15) is 9.59 Å². The fourth-order valence-electron chi connectivity index (χ4n) is 4.15. The van der Waals surface area contributed by atoms with E-state index in [0.29, 0.717) is 50.5 Å². The van der Waals surface area contributed by atoms with Gasteiger partial charge in [-0.1, -0.05) is 23.4 Å². The summed E-state index contributed by atoms with van der Waals surface area (Å²) >= 11 is 0. The van der Waals surface area contributed by atoms with E-state index in [1.165, 1.54) is 0 Å². The second kappa shape index (κ2) is 10.9. The van der Waals surface area contributed by atoms with E-state index < -0.39 is 0 Å². The normalized spacial score (nSPS) is 15.3. The molecule has 34 heavy (non-hydrogen) atoms. The van der Waals surface area contributed by atoms with Crippen LogP contribution in [0.25, 0.3) is 0 Å². The first-order valence-corrected chi connectivity index (χ1v) is 11.4. The molecule has 9 heteroatoms. The number of oxime groups is 1. The van der Waals surface area contributed by atoms with E-state index in [-0.39, 0.29) is 18.5 Å². The highest BCUT2D eigenvalue weighted by atomic mass is 16.6. The van der Waals surface area contributed by atoms with Crippen molar-refractivity contribution in [3.05, 3.63) is 53.6 Å². The van der Waals surface area contributed by atoms with Gasteiger partial charge in [-0.25, -0.2) is 4.79 Å². The summed E-state index contributed by atoms with van der Waals surface area (Å²) in [5.74, 6) is 1.25. The average molecular weight is 467 g/mol. The van der Waals surface area contributed by atoms with E-state index in [1.807, 2.05) is 42.5 Å². The first-order valence-electron chi connectivity index (χ1n) is 11.4. The van der Waals surface area contributed by atoms with Crippen LogP contribution < -0.4 is 14.8 Å². The van der Waals surface area contributed by atoms with Crippen molar-refractivity contribution < 1.29 is 23.9 Å². The average Bonchev–Trinajstić information content (AvgIpc) is 2.88. The second-order valence-corrected chi connectivity index (χ2v) is 8.26. The lowest BCUT2D eigenvalue weighted by Crippen LogP contribution is -2.41. The summed E-state index contributed by atoms with van der Waals surface area (Å²) in [6.45, 7) is 2.13. The third kappa shape index (κ3) is 5.59. The van der Waals surface area contributed by atoms with E-state index in [1.54, 1.807) is 24.0 Å². The molecule has 0 bridgehead atoms. The van der Waals surface area contributed by atoms with Crippen LogP contribution in [0.4, 0.5) is 10.5 Å². The van der Waals surface area contributed by atoms with E-state index >= 15 is 0 Å². The predicted molar refractivity (Wildman–Crippen MR) is 128 cm³/mol. The smallest absolute Gasteiger partial charge is 0.321 e. The molecule has 2 aliphatic rings. The summed E-state index contributed by atoms with van der Waals surface area (Å²) in [4.78, 5) is 34.0. The number of piperidine rings is 1. The van der Waals surface area contributed by atoms with Crippen LogP contribution in [-0.2, 0) is 22.6 Å². The highest BCUT2D eigenvalue weighted by molar-refractivity contribution is 5.92. The SMILES string of the molecule is COc1cc2c(cc1OC)CN(C(=O)CON=C1CCN(C(=O)Nc3ccccc3)CC1)CC2. The summed E-state index contributed by atoms with van der Waals surface area (Å²) in [7, 11) is 3.22. The number of urea groups is 1. The van der Waals surface area contributed by atoms with Crippen molar-refractivity contribution in [2.75, 3.05) is 45.8 Å². The Morgan fingerprint density at radius 2 is 1.56 bits per heavy atom. The number of anilines is 1. The number of nitrogens with zero attached hydrogens (tertiary/aromatic N) is 3. The largest absolute Gasteiger partial charge is 0.493 e. The lowest BCUT2D eigenvalue weighted by molar-refractivity contribution is -0.137. The lowest BCUT2D eigenvalue weighted by atomic mass is 9.99. The molecule has 180 valence electrons. The van der Waals surface area contributed by atoms with Crippen LogP contribution in [0, 0.1) is 0 Å². The van der Waals surface area contributed by atoms with E-state index in [2.05, 4.69) is 10.5 Å². The van der Waals surface area contributed by atoms with Gasteiger partial charge >= 0.3 is 6.03 Å². The van der Waals surface area contributed by atoms with Crippen molar-refractivity contribution in [2.45, 2.75) is 25.8 Å². The Kier molecular flexibility index (Phi) is 7.51. The Labute approximate surface area is 199 Å². The van der Waals surface area contributed by atoms with Crippen LogP contribution in [0.2, 0.25) is 0 Å². The number of rotatable bonds is 6. The standard InChI is InChI=1S/C25H30N4O5/c1-32-22-14-18-8-11-29(16-19(18)15-23(22)33-2)24(30)17-34-27-21-9-12-28(13-10-21)25(31)26-20-6-4-3-5-7-20/h3-7,14-15H,8-13,16-17H2,1-2H3,(H,26,31). The molecule has 0 unspecified atom stereocenters. The predicted octanol–water partition coefficient (Wildman–Crippen LogP) is 3.29. The van der Waals surface area contributed by atoms with E-state index in [4.69, 9.17) is 14.3 Å². The zero-order valence-corrected chi connectivity index (χ0v) is 19.6. The van der Waals surface area contributed by atoms with Crippen LogP contribution in [0.5, 0.6) is 11.5 Å². The van der Waals surface area contributed by atoms with Gasteiger partial charge in [-0.2, -0.15) is 0 Å². The zero-order chi connectivity index (χ0) is 23.9. The molecule has 0 aromatic heterocycles. The van der Waals surface area contributed by atoms with Gasteiger partial charge in [0.25, 0.3) is 5.91 Å². The van der Waals surface area contributed by atoms with Gasteiger partial charge in [0.1, 0.15) is 0 Å². The first-order chi connectivity index (χ1) is 16.6. The molecular weight excluding hydrogens is 436 g/mol. The van der Waals surface area contributed by atoms with Crippen LogP contribution in [-0.4, -0.2) is 67.9 Å². The molecule has 9 nitrogen and oxygen atoms in total. The fraction of sp³-hybridized carbons (Fsp3) is 0.400. The van der Waals surface area contributed by atoms with Crippen molar-refractivity contribution in [2.24, 2.45) is 5.16 Å². The van der Waals surface area contributed by atoms with Crippen molar-refractivity contribution >= 4 is 23.3 Å². The summed E-state index contributed by atoms with van der Waals surface area (Å²) < 4.78 is 10.8. The second-order valence-electron chi connectivity index (χ2n) is 8.26. The number of carbonyl (C=O) groups is 2. The number of fused-ring (bicyclic) bond motifs is 1. The summed E-state index contributed by atoms with van der Waals surface area (Å²) in [5.41, 5.74) is 3.83. The highest BCUT2D eigenvalue weighted by Gasteiger charge is 2.24. The summed E-state index contributed by atoms with van der Waals surface area (Å²) in [6, 6.07) is 13.2. The van der Waals surface area contributed by atoms with Crippen molar-refractivity contribution in [3.63, 3.8) is 0 Å². The number of benzene rings is 2. The minimum Gasteiger partial charge on any atom is -0.493 e. The minimum atomic E-state index is -0.124. The van der Waals surface area contributed by atoms with Crippen molar-refractivity contribution in [1.82, 2.24) is 9.80 Å². The van der Waals surface area contributed by atoms with Gasteiger partial charge < -0.3 is 29.4 Å². The molecule has 1 N–H and O–H groups in total. The molecule has 0 saturated carbocycles. The van der Waals surface area contributed by atoms with Gasteiger partial charge in [0.2, 0.25) is 0 Å². The van der Waals surface area contributed by atoms with Crippen molar-refractivity contribution in [3.8, 4) is 11.5 Å². The Bertz CT molecular complexity index is 1050. The van der Waals surface area contributed by atoms with Crippen LogP contribution >= 0.6 is 0 Å². The summed E-state index contributed by atoms with van der Waals surface area (Å²) in [6.07, 6.45) is 1.99. The third-order valence-electron chi connectivity index (χ3n) is 6.11. The topological polar surface area (TPSA) is 92.7 Å². The number of methoxy groups -OCH3 is 2. The summed E-state index contributed by atoms with van der Waals surface area (Å²) in [5, 5.41) is 7.06. The molecule has 0 atom stereocenters. The maximum atomic E-state index is 12.7. The lowest BCUT2D eigenvalue weighted by Gasteiger charge is -2.29. The van der Waals surface area contributed by atoms with Crippen molar-refractivity contribution in [1.29, 1.82) is 0 Å². The fourth-order valence-corrected chi connectivity index (χ4v) is 4.15. The molecule has 2 aromatic carbocycles. The maximum Gasteiger partial charge on any atom is 0.321 e. The van der Waals surface area contributed by atoms with Crippen LogP contribution in [0.3, 0.4) is 0 Å². The Morgan fingerprint density at radius 3 is 2.24 bits per heavy atom. The molecule has 0 radical (unpaired) electrons. The monoisotopic (exact) mass is 466 g/mol. The van der Waals surface area contributed by atoms with Gasteiger partial charge in [0.05, 0.1) is 19.9 Å². The number of ether oxygens (including phenoxy) is 2. The number of nitrogens with one attached hydrogen (secondary N) is 1. The maximum absolute atomic E-state index is 12.7.